The van der Waals surface area contributed by atoms with E-state index in [4.69, 9.17) is 4.74 Å². The van der Waals surface area contributed by atoms with Crippen molar-refractivity contribution < 1.29 is 17.9 Å². The molecule has 6 heteroatoms. The van der Waals surface area contributed by atoms with Gasteiger partial charge in [-0.25, -0.2) is 0 Å². The van der Waals surface area contributed by atoms with Gasteiger partial charge in [0.05, 0.1) is 16.8 Å². The van der Waals surface area contributed by atoms with Crippen LogP contribution in [-0.2, 0) is 17.5 Å². The molecule has 1 heterocycles. The summed E-state index contributed by atoms with van der Waals surface area (Å²) in [6.45, 7) is 4.79. The first-order chi connectivity index (χ1) is 11.8. The van der Waals surface area contributed by atoms with Gasteiger partial charge in [0.2, 0.25) is 0 Å². The molecule has 1 aromatic heterocycles. The average molecular weight is 354 g/mol. The first-order valence-corrected chi connectivity index (χ1v) is 8.88. The van der Waals surface area contributed by atoms with Crippen molar-refractivity contribution in [3.63, 3.8) is 0 Å². The Morgan fingerprint density at radius 2 is 2.04 bits per heavy atom. The molecule has 2 aromatic rings. The zero-order chi connectivity index (χ0) is 18.2. The smallest absolute Gasteiger partial charge is 0.385 e. The molecule has 3 nitrogen and oxygen atoms in total. The van der Waals surface area contributed by atoms with Gasteiger partial charge in [0.15, 0.2) is 0 Å². The van der Waals surface area contributed by atoms with Crippen LogP contribution in [0.2, 0.25) is 0 Å². The van der Waals surface area contributed by atoms with E-state index in [1.807, 2.05) is 13.0 Å². The van der Waals surface area contributed by atoms with E-state index >= 15 is 0 Å². The van der Waals surface area contributed by atoms with Crippen LogP contribution in [0.5, 0.6) is 0 Å². The highest BCUT2D eigenvalue weighted by molar-refractivity contribution is 5.87. The van der Waals surface area contributed by atoms with Crippen molar-refractivity contribution in [1.29, 1.82) is 0 Å². The molecule has 1 aliphatic carbocycles. The van der Waals surface area contributed by atoms with Gasteiger partial charge in [-0.15, -0.1) is 0 Å². The van der Waals surface area contributed by atoms with Crippen LogP contribution in [0.1, 0.15) is 55.3 Å². The van der Waals surface area contributed by atoms with E-state index in [1.54, 1.807) is 18.7 Å². The van der Waals surface area contributed by atoms with Gasteiger partial charge >= 0.3 is 6.18 Å². The molecule has 0 aliphatic heterocycles. The van der Waals surface area contributed by atoms with E-state index in [9.17, 15) is 13.2 Å². The number of methoxy groups -OCH3 is 1. The van der Waals surface area contributed by atoms with Gasteiger partial charge < -0.3 is 4.74 Å². The molecule has 1 aliphatic rings. The van der Waals surface area contributed by atoms with Crippen LogP contribution < -0.4 is 0 Å². The molecule has 0 saturated heterocycles. The fourth-order valence-corrected chi connectivity index (χ4v) is 3.54. The van der Waals surface area contributed by atoms with Gasteiger partial charge in [-0.3, -0.25) is 4.68 Å². The summed E-state index contributed by atoms with van der Waals surface area (Å²) in [5, 5.41) is 4.60. The van der Waals surface area contributed by atoms with Crippen molar-refractivity contribution in [2.45, 2.75) is 58.2 Å². The lowest BCUT2D eigenvalue weighted by molar-refractivity contribution is -0.136. The molecule has 1 aromatic carbocycles. The second-order valence-corrected chi connectivity index (χ2v) is 7.20. The minimum Gasteiger partial charge on any atom is -0.385 e. The first-order valence-electron chi connectivity index (χ1n) is 8.88. The summed E-state index contributed by atoms with van der Waals surface area (Å²) in [5.41, 5.74) is 1.22. The van der Waals surface area contributed by atoms with Gasteiger partial charge in [-0.05, 0) is 49.3 Å². The van der Waals surface area contributed by atoms with Gasteiger partial charge in [0.1, 0.15) is 0 Å². The molecule has 0 bridgehead atoms. The maximum absolute atomic E-state index is 13.7. The summed E-state index contributed by atoms with van der Waals surface area (Å²) in [5.74, 6) is 0.800. The summed E-state index contributed by atoms with van der Waals surface area (Å²) in [6, 6.07) is 3.24. The number of aryl methyl sites for hydroxylation is 2. The maximum Gasteiger partial charge on any atom is 0.417 e. The van der Waals surface area contributed by atoms with Crippen LogP contribution in [0, 0.1) is 12.8 Å². The van der Waals surface area contributed by atoms with E-state index in [-0.39, 0.29) is 11.3 Å². The fourth-order valence-electron chi connectivity index (χ4n) is 3.54. The van der Waals surface area contributed by atoms with E-state index < -0.39 is 11.7 Å². The van der Waals surface area contributed by atoms with Crippen molar-refractivity contribution >= 4 is 10.9 Å². The Morgan fingerprint density at radius 1 is 1.32 bits per heavy atom. The molecular weight excluding hydrogens is 329 g/mol. The highest BCUT2D eigenvalue weighted by Gasteiger charge is 2.35. The molecule has 0 spiro atoms. The number of benzene rings is 1. The van der Waals surface area contributed by atoms with E-state index in [1.165, 1.54) is 18.9 Å². The Hall–Kier alpha value is -1.56. The molecule has 138 valence electrons. The SMILES string of the molecule is COCCCn1nc(C)c2c(C(F)(F)F)cc(C(C)CC3CC3)cc21. The van der Waals surface area contributed by atoms with Crippen molar-refractivity contribution in [2.75, 3.05) is 13.7 Å². The van der Waals surface area contributed by atoms with Crippen molar-refractivity contribution in [3.8, 4) is 0 Å². The minimum atomic E-state index is -4.38. The predicted octanol–water partition coefficient (Wildman–Crippen LogP) is 5.30. The zero-order valence-corrected chi connectivity index (χ0v) is 15.0. The number of hydrogen-bond donors (Lipinski definition) is 0. The zero-order valence-electron chi connectivity index (χ0n) is 15.0. The minimum absolute atomic E-state index is 0.126. The van der Waals surface area contributed by atoms with Gasteiger partial charge in [-0.2, -0.15) is 18.3 Å². The summed E-state index contributed by atoms with van der Waals surface area (Å²) < 4.78 is 47.8. The summed E-state index contributed by atoms with van der Waals surface area (Å²) in [6.07, 6.45) is -0.298. The van der Waals surface area contributed by atoms with Crippen molar-refractivity contribution in [2.24, 2.45) is 5.92 Å². The fraction of sp³-hybridized carbons (Fsp3) is 0.632. The van der Waals surface area contributed by atoms with Gasteiger partial charge in [0.25, 0.3) is 0 Å². The number of ether oxygens (including phenoxy) is 1. The van der Waals surface area contributed by atoms with Crippen LogP contribution >= 0.6 is 0 Å². The Kier molecular flexibility index (Phi) is 5.09. The highest BCUT2D eigenvalue weighted by atomic mass is 19.4. The molecule has 1 atom stereocenters. The Labute approximate surface area is 146 Å². The molecule has 1 saturated carbocycles. The third-order valence-corrected chi connectivity index (χ3v) is 5.03. The number of fused-ring (bicyclic) bond motifs is 1. The second-order valence-electron chi connectivity index (χ2n) is 7.20. The normalized spacial score (nSPS) is 16.6. The largest absolute Gasteiger partial charge is 0.417 e. The van der Waals surface area contributed by atoms with Crippen molar-refractivity contribution in [3.05, 3.63) is 29.0 Å². The monoisotopic (exact) mass is 354 g/mol. The standard InChI is InChI=1S/C19H25F3N2O/c1-12(9-14-5-6-14)15-10-16(19(20,21)22)18-13(2)23-24(17(18)11-15)7-4-8-25-3/h10-12,14H,4-9H2,1-3H3. The number of nitrogens with zero attached hydrogens (tertiary/aromatic N) is 2. The van der Waals surface area contributed by atoms with Crippen molar-refractivity contribution in [1.82, 2.24) is 9.78 Å². The lowest BCUT2D eigenvalue weighted by Crippen LogP contribution is -2.09. The van der Waals surface area contributed by atoms with Crippen LogP contribution in [0.3, 0.4) is 0 Å². The first kappa shape index (κ1) is 18.2. The lowest BCUT2D eigenvalue weighted by atomic mass is 9.92. The molecule has 0 N–H and O–H groups in total. The van der Waals surface area contributed by atoms with Crippen LogP contribution in [-0.4, -0.2) is 23.5 Å². The number of halogens is 3. The highest BCUT2D eigenvalue weighted by Crippen LogP contribution is 2.42. The maximum atomic E-state index is 13.7. The third-order valence-electron chi connectivity index (χ3n) is 5.03. The molecule has 1 unspecified atom stereocenters. The quantitative estimate of drug-likeness (QED) is 0.631. The summed E-state index contributed by atoms with van der Waals surface area (Å²) >= 11 is 0. The Balaban J connectivity index is 2.06. The number of rotatable bonds is 7. The average Bonchev–Trinajstić information content (AvgIpc) is 3.30. The topological polar surface area (TPSA) is 27.1 Å². The molecule has 25 heavy (non-hydrogen) atoms. The number of hydrogen-bond acceptors (Lipinski definition) is 2. The van der Waals surface area contributed by atoms with Crippen LogP contribution in [0.15, 0.2) is 12.1 Å². The van der Waals surface area contributed by atoms with Crippen LogP contribution in [0.4, 0.5) is 13.2 Å². The van der Waals surface area contributed by atoms with Gasteiger partial charge in [-0.1, -0.05) is 19.8 Å². The molecule has 1 fully saturated rings. The Bertz CT molecular complexity index is 747. The summed E-state index contributed by atoms with van der Waals surface area (Å²) in [7, 11) is 1.62. The number of alkyl halides is 3. The lowest BCUT2D eigenvalue weighted by Gasteiger charge is -2.16. The van der Waals surface area contributed by atoms with Crippen LogP contribution in [0.25, 0.3) is 10.9 Å². The van der Waals surface area contributed by atoms with E-state index in [0.29, 0.717) is 30.3 Å². The predicted molar refractivity (Wildman–Crippen MR) is 91.7 cm³/mol. The molecule has 0 radical (unpaired) electrons. The van der Waals surface area contributed by atoms with Gasteiger partial charge in [0, 0.05) is 25.6 Å². The second kappa shape index (κ2) is 6.98. The third kappa shape index (κ3) is 4.00. The number of aromatic nitrogens is 2. The molecular formula is C19H25F3N2O. The molecule has 0 amide bonds. The van der Waals surface area contributed by atoms with E-state index in [2.05, 4.69) is 5.10 Å². The Morgan fingerprint density at radius 3 is 2.64 bits per heavy atom. The molecule has 3 rings (SSSR count). The van der Waals surface area contributed by atoms with E-state index in [0.717, 1.165) is 18.4 Å². The summed E-state index contributed by atoms with van der Waals surface area (Å²) in [4.78, 5) is 0.